The Morgan fingerprint density at radius 2 is 2.39 bits per heavy atom. The standard InChI is InChI=1S/C11H19N5OS/c1-2-4-13-11-9(14-15-18-11)8-16-6-3-10(17)12-5-7-16/h13H,2-8H2,1H3,(H,12,17). The first-order chi connectivity index (χ1) is 8.79. The number of hydrogen-bond donors (Lipinski definition) is 2. The molecule has 2 N–H and O–H groups in total. The smallest absolute Gasteiger partial charge is 0.221 e. The molecule has 0 radical (unpaired) electrons. The van der Waals surface area contributed by atoms with Crippen LogP contribution in [0.5, 0.6) is 0 Å². The molecular formula is C11H19N5OS. The molecule has 0 aliphatic carbocycles. The van der Waals surface area contributed by atoms with E-state index in [2.05, 4.69) is 32.0 Å². The Hall–Kier alpha value is -1.21. The fourth-order valence-electron chi connectivity index (χ4n) is 1.87. The Balaban J connectivity index is 1.91. The molecule has 0 saturated carbocycles. The summed E-state index contributed by atoms with van der Waals surface area (Å²) in [6.45, 7) is 6.21. The average molecular weight is 269 g/mol. The molecule has 0 unspecified atom stereocenters. The van der Waals surface area contributed by atoms with E-state index in [4.69, 9.17) is 0 Å². The number of nitrogens with zero attached hydrogens (tertiary/aromatic N) is 3. The molecule has 2 heterocycles. The van der Waals surface area contributed by atoms with E-state index in [1.54, 1.807) is 0 Å². The molecule has 0 aromatic carbocycles. The summed E-state index contributed by atoms with van der Waals surface area (Å²) in [6, 6.07) is 0. The fraction of sp³-hybridized carbons (Fsp3) is 0.727. The van der Waals surface area contributed by atoms with Crippen LogP contribution < -0.4 is 10.6 Å². The van der Waals surface area contributed by atoms with E-state index in [1.807, 2.05) is 0 Å². The summed E-state index contributed by atoms with van der Waals surface area (Å²) >= 11 is 1.40. The zero-order chi connectivity index (χ0) is 12.8. The molecular weight excluding hydrogens is 250 g/mol. The highest BCUT2D eigenvalue weighted by Gasteiger charge is 2.16. The normalized spacial score (nSPS) is 17.3. The van der Waals surface area contributed by atoms with Crippen LogP contribution in [0.1, 0.15) is 25.5 Å². The fourth-order valence-corrected chi connectivity index (χ4v) is 2.47. The van der Waals surface area contributed by atoms with Crippen molar-refractivity contribution in [1.29, 1.82) is 0 Å². The second kappa shape index (κ2) is 6.65. The van der Waals surface area contributed by atoms with E-state index in [0.717, 1.165) is 43.3 Å². The van der Waals surface area contributed by atoms with Crippen LogP contribution in [0, 0.1) is 0 Å². The SMILES string of the molecule is CCCNc1snnc1CN1CCNC(=O)CC1. The van der Waals surface area contributed by atoms with Crippen LogP contribution in [0.2, 0.25) is 0 Å². The average Bonchev–Trinajstić information content (AvgIpc) is 2.70. The molecule has 2 rings (SSSR count). The number of anilines is 1. The van der Waals surface area contributed by atoms with Gasteiger partial charge >= 0.3 is 0 Å². The molecule has 1 aliphatic heterocycles. The minimum Gasteiger partial charge on any atom is -0.374 e. The van der Waals surface area contributed by atoms with Crippen LogP contribution in [-0.4, -0.2) is 46.6 Å². The lowest BCUT2D eigenvalue weighted by atomic mass is 10.3. The van der Waals surface area contributed by atoms with Gasteiger partial charge in [-0.15, -0.1) is 5.10 Å². The molecule has 1 aromatic heterocycles. The van der Waals surface area contributed by atoms with Crippen LogP contribution in [-0.2, 0) is 11.3 Å². The van der Waals surface area contributed by atoms with Crippen LogP contribution in [0.4, 0.5) is 5.00 Å². The summed E-state index contributed by atoms with van der Waals surface area (Å²) in [6.07, 6.45) is 1.65. The summed E-state index contributed by atoms with van der Waals surface area (Å²) in [5, 5.41) is 11.4. The van der Waals surface area contributed by atoms with Gasteiger partial charge in [0.05, 0.1) is 0 Å². The third kappa shape index (κ3) is 3.64. The highest BCUT2D eigenvalue weighted by Crippen LogP contribution is 2.19. The minimum atomic E-state index is 0.137. The first-order valence-corrected chi connectivity index (χ1v) is 7.11. The lowest BCUT2D eigenvalue weighted by molar-refractivity contribution is -0.120. The van der Waals surface area contributed by atoms with Crippen molar-refractivity contribution in [3.8, 4) is 0 Å². The van der Waals surface area contributed by atoms with Gasteiger partial charge in [-0.2, -0.15) is 0 Å². The van der Waals surface area contributed by atoms with Crippen molar-refractivity contribution in [3.05, 3.63) is 5.69 Å². The predicted molar refractivity (Wildman–Crippen MR) is 71.6 cm³/mol. The Labute approximate surface area is 111 Å². The van der Waals surface area contributed by atoms with E-state index in [-0.39, 0.29) is 5.91 Å². The van der Waals surface area contributed by atoms with Gasteiger partial charge in [-0.3, -0.25) is 9.69 Å². The van der Waals surface area contributed by atoms with Crippen LogP contribution in [0.15, 0.2) is 0 Å². The van der Waals surface area contributed by atoms with Gasteiger partial charge in [-0.25, -0.2) is 0 Å². The number of carbonyl (C=O) groups is 1. The van der Waals surface area contributed by atoms with Crippen LogP contribution in [0.3, 0.4) is 0 Å². The third-order valence-electron chi connectivity index (χ3n) is 2.87. The first-order valence-electron chi connectivity index (χ1n) is 6.33. The predicted octanol–water partition coefficient (Wildman–Crippen LogP) is 0.682. The van der Waals surface area contributed by atoms with Gasteiger partial charge < -0.3 is 10.6 Å². The van der Waals surface area contributed by atoms with Crippen molar-refractivity contribution in [2.75, 3.05) is 31.5 Å². The van der Waals surface area contributed by atoms with Gasteiger partial charge in [0.15, 0.2) is 0 Å². The lowest BCUT2D eigenvalue weighted by Gasteiger charge is -2.17. The molecule has 1 aliphatic rings. The lowest BCUT2D eigenvalue weighted by Crippen LogP contribution is -2.28. The van der Waals surface area contributed by atoms with Crippen molar-refractivity contribution >= 4 is 22.4 Å². The van der Waals surface area contributed by atoms with E-state index >= 15 is 0 Å². The molecule has 1 fully saturated rings. The van der Waals surface area contributed by atoms with Crippen molar-refractivity contribution in [2.24, 2.45) is 0 Å². The second-order valence-corrected chi connectivity index (χ2v) is 5.11. The molecule has 7 heteroatoms. The van der Waals surface area contributed by atoms with E-state index in [1.165, 1.54) is 11.5 Å². The van der Waals surface area contributed by atoms with Gasteiger partial charge in [-0.05, 0) is 6.42 Å². The molecule has 1 aromatic rings. The van der Waals surface area contributed by atoms with Gasteiger partial charge in [0.2, 0.25) is 5.91 Å². The molecule has 1 saturated heterocycles. The summed E-state index contributed by atoms with van der Waals surface area (Å²) in [4.78, 5) is 13.5. The van der Waals surface area contributed by atoms with Gasteiger partial charge in [0.1, 0.15) is 10.7 Å². The maximum absolute atomic E-state index is 11.3. The highest BCUT2D eigenvalue weighted by molar-refractivity contribution is 7.10. The van der Waals surface area contributed by atoms with Crippen molar-refractivity contribution in [2.45, 2.75) is 26.3 Å². The highest BCUT2D eigenvalue weighted by atomic mass is 32.1. The van der Waals surface area contributed by atoms with Crippen molar-refractivity contribution in [3.63, 3.8) is 0 Å². The molecule has 1 amide bonds. The number of carbonyl (C=O) groups excluding carboxylic acids is 1. The quantitative estimate of drug-likeness (QED) is 0.822. The van der Waals surface area contributed by atoms with Crippen LogP contribution in [0.25, 0.3) is 0 Å². The molecule has 0 bridgehead atoms. The number of nitrogens with one attached hydrogen (secondary N) is 2. The summed E-state index contributed by atoms with van der Waals surface area (Å²) in [7, 11) is 0. The summed E-state index contributed by atoms with van der Waals surface area (Å²) < 4.78 is 4.00. The Bertz CT molecular complexity index is 395. The maximum Gasteiger partial charge on any atom is 0.221 e. The summed E-state index contributed by atoms with van der Waals surface area (Å²) in [5.41, 5.74) is 0.989. The number of aromatic nitrogens is 2. The van der Waals surface area contributed by atoms with E-state index in [9.17, 15) is 4.79 Å². The Morgan fingerprint density at radius 1 is 1.50 bits per heavy atom. The number of rotatable bonds is 5. The molecule has 0 atom stereocenters. The number of amides is 1. The topological polar surface area (TPSA) is 70.2 Å². The number of hydrogen-bond acceptors (Lipinski definition) is 6. The molecule has 6 nitrogen and oxygen atoms in total. The monoisotopic (exact) mass is 269 g/mol. The third-order valence-corrected chi connectivity index (χ3v) is 3.60. The minimum absolute atomic E-state index is 0.137. The zero-order valence-electron chi connectivity index (χ0n) is 10.6. The Morgan fingerprint density at radius 3 is 3.22 bits per heavy atom. The Kier molecular flexibility index (Phi) is 4.89. The van der Waals surface area contributed by atoms with E-state index < -0.39 is 0 Å². The second-order valence-electron chi connectivity index (χ2n) is 4.35. The first kappa shape index (κ1) is 13.2. The van der Waals surface area contributed by atoms with Gasteiger partial charge in [-0.1, -0.05) is 11.4 Å². The molecule has 0 spiro atoms. The zero-order valence-corrected chi connectivity index (χ0v) is 11.4. The van der Waals surface area contributed by atoms with Gasteiger partial charge in [0, 0.05) is 50.7 Å². The van der Waals surface area contributed by atoms with E-state index in [0.29, 0.717) is 13.0 Å². The summed E-state index contributed by atoms with van der Waals surface area (Å²) in [5.74, 6) is 0.137. The van der Waals surface area contributed by atoms with Gasteiger partial charge in [0.25, 0.3) is 0 Å². The maximum atomic E-state index is 11.3. The molecule has 18 heavy (non-hydrogen) atoms. The van der Waals surface area contributed by atoms with Crippen molar-refractivity contribution < 1.29 is 4.79 Å². The van der Waals surface area contributed by atoms with Crippen molar-refractivity contribution in [1.82, 2.24) is 19.8 Å². The largest absolute Gasteiger partial charge is 0.374 e. The molecule has 100 valence electrons. The van der Waals surface area contributed by atoms with Crippen LogP contribution >= 0.6 is 11.5 Å².